The monoisotopic (exact) mass is 517 g/mol. The Morgan fingerprint density at radius 3 is 2.62 bits per heavy atom. The summed E-state index contributed by atoms with van der Waals surface area (Å²) in [4.78, 5) is 11.7. The Labute approximate surface area is 222 Å². The molecule has 4 aliphatic carbocycles. The minimum Gasteiger partial charge on any atom is -0.379 e. The molecule has 0 aromatic carbocycles. The van der Waals surface area contributed by atoms with E-state index in [2.05, 4.69) is 19.2 Å². The summed E-state index contributed by atoms with van der Waals surface area (Å²) < 4.78 is 31.9. The Hall–Kier alpha value is -0.730. The highest BCUT2D eigenvalue weighted by atomic mass is 16.7. The SMILES string of the molecule is COC1CC(OC2CCC3(C)C(CCC4C3CCC35COC6(C)OC43CCC65)C2)OC(C)C1NC(C)=O. The third-order valence-corrected chi connectivity index (χ3v) is 12.8. The van der Waals surface area contributed by atoms with Crippen LogP contribution in [-0.2, 0) is 28.5 Å². The van der Waals surface area contributed by atoms with Gasteiger partial charge in [0.2, 0.25) is 5.91 Å². The molecule has 13 unspecified atom stereocenters. The largest absolute Gasteiger partial charge is 0.379 e. The van der Waals surface area contributed by atoms with Crippen LogP contribution in [0.15, 0.2) is 0 Å². The number of hydrogen-bond donors (Lipinski definition) is 1. The third-order valence-electron chi connectivity index (χ3n) is 12.8. The minimum atomic E-state index is -0.327. The summed E-state index contributed by atoms with van der Waals surface area (Å²) in [7, 11) is 1.71. The number of methoxy groups -OCH3 is 1. The van der Waals surface area contributed by atoms with Crippen molar-refractivity contribution in [1.29, 1.82) is 0 Å². The topological polar surface area (TPSA) is 75.2 Å². The van der Waals surface area contributed by atoms with E-state index in [-0.39, 0.29) is 53.4 Å². The molecule has 7 rings (SSSR count). The summed E-state index contributed by atoms with van der Waals surface area (Å²) in [6.45, 7) is 9.32. The third kappa shape index (κ3) is 3.33. The number of nitrogens with one attached hydrogen (secondary N) is 1. The molecule has 1 N–H and O–H groups in total. The van der Waals surface area contributed by atoms with Gasteiger partial charge in [-0.25, -0.2) is 0 Å². The maximum absolute atomic E-state index is 11.7. The highest BCUT2D eigenvalue weighted by Gasteiger charge is 2.81. The lowest BCUT2D eigenvalue weighted by Crippen LogP contribution is -2.64. The van der Waals surface area contributed by atoms with Crippen molar-refractivity contribution >= 4 is 5.91 Å². The van der Waals surface area contributed by atoms with Crippen LogP contribution in [0.1, 0.15) is 91.9 Å². The van der Waals surface area contributed by atoms with Crippen molar-refractivity contribution in [3.05, 3.63) is 0 Å². The first-order valence-electron chi connectivity index (χ1n) is 15.1. The predicted octanol–water partition coefficient (Wildman–Crippen LogP) is 4.56. The van der Waals surface area contributed by atoms with Crippen molar-refractivity contribution in [1.82, 2.24) is 5.32 Å². The Kier molecular flexibility index (Phi) is 5.73. The number of carbonyl (C=O) groups is 1. The fourth-order valence-electron chi connectivity index (χ4n) is 11.2. The molecule has 208 valence electrons. The van der Waals surface area contributed by atoms with Gasteiger partial charge in [-0.1, -0.05) is 6.92 Å². The highest BCUT2D eigenvalue weighted by molar-refractivity contribution is 5.73. The molecule has 1 amide bonds. The molecule has 1 spiro atoms. The molecule has 7 fully saturated rings. The van der Waals surface area contributed by atoms with Crippen LogP contribution in [0.3, 0.4) is 0 Å². The summed E-state index contributed by atoms with van der Waals surface area (Å²) in [6.07, 6.45) is 11.6. The summed E-state index contributed by atoms with van der Waals surface area (Å²) in [6, 6.07) is -0.142. The second-order valence-electron chi connectivity index (χ2n) is 14.1. The first-order valence-corrected chi connectivity index (χ1v) is 15.1. The molecule has 0 aromatic rings. The Balaban J connectivity index is 1.03. The van der Waals surface area contributed by atoms with E-state index >= 15 is 0 Å². The van der Waals surface area contributed by atoms with Gasteiger partial charge in [-0.3, -0.25) is 4.79 Å². The van der Waals surface area contributed by atoms with Crippen molar-refractivity contribution < 1.29 is 28.5 Å². The van der Waals surface area contributed by atoms with Crippen molar-refractivity contribution in [2.75, 3.05) is 13.7 Å². The maximum atomic E-state index is 11.7. The van der Waals surface area contributed by atoms with Crippen molar-refractivity contribution in [2.24, 2.45) is 34.5 Å². The lowest BCUT2D eigenvalue weighted by molar-refractivity contribution is -0.333. The van der Waals surface area contributed by atoms with Crippen molar-refractivity contribution in [3.8, 4) is 0 Å². The molecule has 3 aliphatic heterocycles. The van der Waals surface area contributed by atoms with Crippen LogP contribution in [0.5, 0.6) is 0 Å². The lowest BCUT2D eigenvalue weighted by atomic mass is 9.43. The van der Waals surface area contributed by atoms with Crippen molar-refractivity contribution in [3.63, 3.8) is 0 Å². The molecule has 13 atom stereocenters. The van der Waals surface area contributed by atoms with Gasteiger partial charge in [0.05, 0.1) is 36.6 Å². The standard InChI is InChI=1S/C30H47NO6/c1-17-26(31-18(2)32)23(33-5)15-25(35-17)36-20-8-11-27(3)19(14-20)6-7-22-21(27)9-12-29-16-34-28(4)24(29)10-13-30(22,29)37-28/h17,19-26H,6-16H2,1-5H3,(H,31,32). The molecule has 0 radical (unpaired) electrons. The molecule has 4 saturated carbocycles. The van der Waals surface area contributed by atoms with Crippen LogP contribution in [0.25, 0.3) is 0 Å². The van der Waals surface area contributed by atoms with E-state index in [1.54, 1.807) is 14.0 Å². The number of ether oxygens (including phenoxy) is 5. The van der Waals surface area contributed by atoms with Gasteiger partial charge in [0, 0.05) is 31.8 Å². The van der Waals surface area contributed by atoms with E-state index in [0.29, 0.717) is 29.6 Å². The number of rotatable bonds is 4. The number of fused-ring (bicyclic) bond motifs is 3. The zero-order valence-corrected chi connectivity index (χ0v) is 23.4. The van der Waals surface area contributed by atoms with Gasteiger partial charge in [0.15, 0.2) is 12.1 Å². The van der Waals surface area contributed by atoms with Crippen LogP contribution in [0.2, 0.25) is 0 Å². The predicted molar refractivity (Wildman–Crippen MR) is 136 cm³/mol. The van der Waals surface area contributed by atoms with Gasteiger partial charge < -0.3 is 29.0 Å². The van der Waals surface area contributed by atoms with Crippen LogP contribution in [0, 0.1) is 34.5 Å². The normalized spacial score (nSPS) is 57.9. The number of hydrogen-bond acceptors (Lipinski definition) is 6. The smallest absolute Gasteiger partial charge is 0.217 e. The average molecular weight is 518 g/mol. The van der Waals surface area contributed by atoms with Gasteiger partial charge >= 0.3 is 0 Å². The van der Waals surface area contributed by atoms with Gasteiger partial charge in [-0.15, -0.1) is 0 Å². The number of amides is 1. The van der Waals surface area contributed by atoms with Crippen LogP contribution in [0.4, 0.5) is 0 Å². The van der Waals surface area contributed by atoms with Crippen LogP contribution < -0.4 is 5.32 Å². The molecule has 4 bridgehead atoms. The molecule has 37 heavy (non-hydrogen) atoms. The average Bonchev–Trinajstić information content (AvgIpc) is 3.42. The molecule has 0 aromatic heterocycles. The highest BCUT2D eigenvalue weighted by Crippen LogP contribution is 2.78. The second-order valence-corrected chi connectivity index (χ2v) is 14.1. The maximum Gasteiger partial charge on any atom is 0.217 e. The first-order chi connectivity index (χ1) is 17.6. The van der Waals surface area contributed by atoms with E-state index in [1.807, 2.05) is 6.92 Å². The van der Waals surface area contributed by atoms with E-state index < -0.39 is 0 Å². The molecule has 3 heterocycles. The Morgan fingerprint density at radius 2 is 1.84 bits per heavy atom. The molecule has 7 aliphatic rings. The lowest BCUT2D eigenvalue weighted by Gasteiger charge is -2.64. The van der Waals surface area contributed by atoms with Gasteiger partial charge in [0.1, 0.15) is 0 Å². The van der Waals surface area contributed by atoms with E-state index in [0.717, 1.165) is 25.4 Å². The molecule has 7 nitrogen and oxygen atoms in total. The van der Waals surface area contributed by atoms with E-state index in [1.165, 1.54) is 44.9 Å². The minimum absolute atomic E-state index is 0.0530. The molecule has 3 saturated heterocycles. The summed E-state index contributed by atoms with van der Waals surface area (Å²) in [5.41, 5.74) is 0.728. The fourth-order valence-corrected chi connectivity index (χ4v) is 11.2. The fraction of sp³-hybridized carbons (Fsp3) is 0.967. The van der Waals surface area contributed by atoms with E-state index in [9.17, 15) is 4.79 Å². The zero-order valence-electron chi connectivity index (χ0n) is 23.4. The Morgan fingerprint density at radius 1 is 1.00 bits per heavy atom. The van der Waals surface area contributed by atoms with Crippen LogP contribution >= 0.6 is 0 Å². The summed E-state index contributed by atoms with van der Waals surface area (Å²) in [5.74, 6) is 2.37. The number of carbonyl (C=O) groups excluding carboxylic acids is 1. The van der Waals surface area contributed by atoms with Crippen molar-refractivity contribution in [2.45, 2.75) is 134 Å². The Bertz CT molecular complexity index is 945. The van der Waals surface area contributed by atoms with E-state index in [4.69, 9.17) is 23.7 Å². The van der Waals surface area contributed by atoms with Gasteiger partial charge in [-0.2, -0.15) is 0 Å². The molecule has 7 heteroatoms. The molecular weight excluding hydrogens is 470 g/mol. The van der Waals surface area contributed by atoms with Gasteiger partial charge in [0.25, 0.3) is 0 Å². The molecular formula is C30H47NO6. The summed E-state index contributed by atoms with van der Waals surface area (Å²) >= 11 is 0. The zero-order chi connectivity index (χ0) is 25.8. The summed E-state index contributed by atoms with van der Waals surface area (Å²) in [5, 5.41) is 3.00. The first kappa shape index (κ1) is 25.3. The second kappa shape index (κ2) is 8.39. The van der Waals surface area contributed by atoms with Crippen LogP contribution in [-0.4, -0.2) is 61.7 Å². The quantitative estimate of drug-likeness (QED) is 0.551. The van der Waals surface area contributed by atoms with Gasteiger partial charge in [-0.05, 0) is 94.8 Å².